The quantitative estimate of drug-likeness (QED) is 0.570. The first-order chi connectivity index (χ1) is 1.00. The van der Waals surface area contributed by atoms with Crippen LogP contribution in [0.15, 0.2) is 0 Å². The van der Waals surface area contributed by atoms with E-state index in [1.165, 1.54) is 0 Å². The van der Waals surface area contributed by atoms with Gasteiger partial charge in [-0.15, -0.1) is 0 Å². The van der Waals surface area contributed by atoms with Gasteiger partial charge in [-0.2, -0.15) is 0 Å². The first-order valence-corrected chi connectivity index (χ1v) is 1.36. The normalized spacial score (nSPS) is 1.00. The molecule has 0 atom stereocenters. The molecule has 0 spiro atoms. The van der Waals surface area contributed by atoms with Crippen LogP contribution in [0.2, 0.25) is 0 Å². The molecule has 0 saturated heterocycles. The van der Waals surface area contributed by atoms with Gasteiger partial charge in [-0.25, -0.2) is 0 Å². The maximum atomic E-state index is 8.33. The van der Waals surface area contributed by atoms with Gasteiger partial charge in [0.2, 0.25) is 0 Å². The topological polar surface area (TPSA) is 17.1 Å². The van der Waals surface area contributed by atoms with Crippen LogP contribution in [-0.4, -0.2) is 0 Å². The Hall–Kier alpha value is 1.51. The van der Waals surface area contributed by atoms with Crippen molar-refractivity contribution in [2.24, 2.45) is 0 Å². The third kappa shape index (κ3) is 9.69. The van der Waals surface area contributed by atoms with E-state index in [0.717, 1.165) is 0 Å². The van der Waals surface area contributed by atoms with E-state index >= 15 is 0 Å². The van der Waals surface area contributed by atoms with Crippen molar-refractivity contribution in [1.29, 1.82) is 0 Å². The molecule has 0 amide bonds. The zero-order valence-corrected chi connectivity index (χ0v) is 6.58. The van der Waals surface area contributed by atoms with Gasteiger partial charge < -0.3 is 0 Å². The van der Waals surface area contributed by atoms with Crippen LogP contribution >= 0.6 is 0 Å². The summed E-state index contributed by atoms with van der Waals surface area (Å²) in [6.07, 6.45) is 0. The summed E-state index contributed by atoms with van der Waals surface area (Å²) >= 11 is 0.333. The van der Waals surface area contributed by atoms with Gasteiger partial charge in [-0.3, -0.25) is 0 Å². The van der Waals surface area contributed by atoms with E-state index in [-0.39, 0.29) is 33.8 Å². The fourth-order valence-corrected chi connectivity index (χ4v) is 0. The minimum atomic E-state index is 0. The summed E-state index contributed by atoms with van der Waals surface area (Å²) in [5.74, 6) is 0. The maximum absolute atomic E-state index is 8.33. The second-order valence-electron chi connectivity index (χ2n) is 0. The van der Waals surface area contributed by atoms with Crippen LogP contribution in [-0.2, 0) is 57.0 Å². The van der Waals surface area contributed by atoms with Crippen molar-refractivity contribution in [3.05, 3.63) is 0 Å². The molecule has 0 N–H and O–H groups in total. The number of hydrogen-bond donors (Lipinski definition) is 0. The van der Waals surface area contributed by atoms with Crippen molar-refractivity contribution in [3.63, 3.8) is 0 Å². The van der Waals surface area contributed by atoms with Gasteiger partial charge >= 0.3 is 23.2 Å². The molecule has 0 bridgehead atoms. The van der Waals surface area contributed by atoms with Crippen molar-refractivity contribution in [2.45, 2.75) is 0 Å². The first-order valence-electron chi connectivity index (χ1n) is 0.167. The SMILES string of the molecule is [Co].[Fe].[O]=[W]. The molecular weight excluding hydrogens is 315 g/mol. The molecule has 0 aromatic carbocycles. The van der Waals surface area contributed by atoms with Crippen LogP contribution in [0.3, 0.4) is 0 Å². The van der Waals surface area contributed by atoms with E-state index < -0.39 is 0 Å². The van der Waals surface area contributed by atoms with Crippen LogP contribution < -0.4 is 0 Å². The summed E-state index contributed by atoms with van der Waals surface area (Å²) in [6.45, 7) is 0. The summed E-state index contributed by atoms with van der Waals surface area (Å²) in [7, 11) is 0. The van der Waals surface area contributed by atoms with Crippen LogP contribution in [0, 0.1) is 0 Å². The Bertz CT molecular complexity index is 8.00. The molecule has 0 aromatic heterocycles. The monoisotopic (exact) mass is 315 g/mol. The zero-order valence-electron chi connectivity index (χ0n) is 1.50. The molecule has 4 heavy (non-hydrogen) atoms. The number of hydrogen-bond acceptors (Lipinski definition) is 1. The molecular formula is CoFeOW. The van der Waals surface area contributed by atoms with E-state index in [2.05, 4.69) is 0 Å². The van der Waals surface area contributed by atoms with Gasteiger partial charge in [-0.1, -0.05) is 0 Å². The first kappa shape index (κ1) is 17.8. The van der Waals surface area contributed by atoms with Gasteiger partial charge in [0, 0.05) is 33.8 Å². The molecule has 0 aliphatic heterocycles. The summed E-state index contributed by atoms with van der Waals surface area (Å²) < 4.78 is 8.33. The van der Waals surface area contributed by atoms with Gasteiger partial charge in [0.25, 0.3) is 0 Å². The van der Waals surface area contributed by atoms with Gasteiger partial charge in [0.05, 0.1) is 0 Å². The standard InChI is InChI=1S/Co.Fe.O.W. The second-order valence-corrected chi connectivity index (χ2v) is 0. The molecule has 29 valence electrons. The molecule has 0 rings (SSSR count). The zero-order chi connectivity index (χ0) is 2.00. The molecule has 0 aromatic rings. The van der Waals surface area contributed by atoms with Crippen molar-refractivity contribution >= 4 is 0 Å². The molecule has 1 nitrogen and oxygen atoms in total. The van der Waals surface area contributed by atoms with Gasteiger partial charge in [0.15, 0.2) is 0 Å². The fourth-order valence-electron chi connectivity index (χ4n) is 0. The molecule has 0 saturated carbocycles. The van der Waals surface area contributed by atoms with Crippen molar-refractivity contribution < 1.29 is 57.0 Å². The minimum absolute atomic E-state index is 0. The van der Waals surface area contributed by atoms with Crippen molar-refractivity contribution in [1.82, 2.24) is 0 Å². The number of rotatable bonds is 0. The third-order valence-electron chi connectivity index (χ3n) is 0. The molecule has 1 radical (unpaired) electrons. The molecule has 0 aliphatic rings. The van der Waals surface area contributed by atoms with Crippen LogP contribution in [0.25, 0.3) is 0 Å². The average molecular weight is 315 g/mol. The summed E-state index contributed by atoms with van der Waals surface area (Å²) in [5.41, 5.74) is 0. The average Bonchev–Trinajstić information content (AvgIpc) is 1.00. The fraction of sp³-hybridized carbons (Fsp3) is 0. The van der Waals surface area contributed by atoms with Crippen LogP contribution in [0.1, 0.15) is 0 Å². The van der Waals surface area contributed by atoms with Crippen molar-refractivity contribution in [3.8, 4) is 0 Å². The molecule has 0 fully saturated rings. The van der Waals surface area contributed by atoms with E-state index in [4.69, 9.17) is 3.40 Å². The van der Waals surface area contributed by atoms with E-state index in [1.807, 2.05) is 0 Å². The molecule has 4 heteroatoms. The predicted molar refractivity (Wildman–Crippen MR) is 0.686 cm³/mol. The van der Waals surface area contributed by atoms with E-state index in [0.29, 0.717) is 19.8 Å². The Morgan fingerprint density at radius 1 is 1.25 bits per heavy atom. The Morgan fingerprint density at radius 2 is 1.25 bits per heavy atom. The van der Waals surface area contributed by atoms with E-state index in [9.17, 15) is 0 Å². The second kappa shape index (κ2) is 24.3. The Labute approximate surface area is 56.8 Å². The Balaban J connectivity index is -0.00000000500. The molecule has 0 unspecified atom stereocenters. The van der Waals surface area contributed by atoms with Crippen molar-refractivity contribution in [2.75, 3.05) is 0 Å². The van der Waals surface area contributed by atoms with E-state index in [1.54, 1.807) is 0 Å². The molecule has 0 heterocycles. The summed E-state index contributed by atoms with van der Waals surface area (Å²) in [4.78, 5) is 0. The summed E-state index contributed by atoms with van der Waals surface area (Å²) in [6, 6.07) is 0. The third-order valence-corrected chi connectivity index (χ3v) is 0. The Morgan fingerprint density at radius 3 is 1.25 bits per heavy atom. The molecule has 0 aliphatic carbocycles. The van der Waals surface area contributed by atoms with Crippen LogP contribution in [0.4, 0.5) is 0 Å². The summed E-state index contributed by atoms with van der Waals surface area (Å²) in [5, 5.41) is 0. The van der Waals surface area contributed by atoms with Gasteiger partial charge in [-0.05, 0) is 0 Å². The van der Waals surface area contributed by atoms with Gasteiger partial charge in [0.1, 0.15) is 0 Å². The predicted octanol–water partition coefficient (Wildman–Crippen LogP) is -0.126. The van der Waals surface area contributed by atoms with Crippen LogP contribution in [0.5, 0.6) is 0 Å². The Kier molecular flexibility index (Phi) is 108.